The number of hydrogen-bond donors (Lipinski definition) is 5. The average Bonchev–Trinajstić information content (AvgIpc) is 2.97. The van der Waals surface area contributed by atoms with E-state index in [9.17, 15) is 34.5 Å². The molecule has 0 aliphatic rings. The summed E-state index contributed by atoms with van der Waals surface area (Å²) in [5, 5.41) is 33.7. The van der Waals surface area contributed by atoms with Crippen molar-refractivity contribution in [3.8, 4) is 5.75 Å². The fourth-order valence-electron chi connectivity index (χ4n) is 4.59. The van der Waals surface area contributed by atoms with Gasteiger partial charge in [-0.1, -0.05) is 96.1 Å². The van der Waals surface area contributed by atoms with Gasteiger partial charge in [0, 0.05) is 35.6 Å². The third-order valence-corrected chi connectivity index (χ3v) is 8.42. The van der Waals surface area contributed by atoms with E-state index in [1.165, 1.54) is 64.7 Å². The Morgan fingerprint density at radius 1 is 0.814 bits per heavy atom. The number of aliphatic carboxylic acids is 2. The Hall–Kier alpha value is -3.01. The molecule has 5 N–H and O–H groups in total. The molecule has 0 aliphatic carbocycles. The number of benzene rings is 1. The molecule has 0 aliphatic heterocycles. The number of phenols is 1. The molecule has 10 heteroatoms. The van der Waals surface area contributed by atoms with Gasteiger partial charge in [0.25, 0.3) is 0 Å². The number of nitrogens with one attached hydrogen (secondary N) is 2. The van der Waals surface area contributed by atoms with Crippen LogP contribution in [0, 0.1) is 0 Å². The highest BCUT2D eigenvalue weighted by atomic mass is 32.2. The highest BCUT2D eigenvalue weighted by molar-refractivity contribution is 7.99. The van der Waals surface area contributed by atoms with Crippen LogP contribution in [0.15, 0.2) is 35.4 Å². The Morgan fingerprint density at radius 2 is 1.35 bits per heavy atom. The quantitative estimate of drug-likeness (QED) is 0.0636. The third-order valence-electron chi connectivity index (χ3n) is 7.35. The molecular weight excluding hydrogens is 568 g/mol. The zero-order valence-electron chi connectivity index (χ0n) is 26.0. The highest BCUT2D eigenvalue weighted by Gasteiger charge is 2.22. The zero-order chi connectivity index (χ0) is 31.9. The first-order valence-corrected chi connectivity index (χ1v) is 16.9. The van der Waals surface area contributed by atoms with Crippen LogP contribution in [0.4, 0.5) is 0 Å². The first-order chi connectivity index (χ1) is 20.6. The normalized spacial score (nSPS) is 12.3. The lowest BCUT2D eigenvalue weighted by atomic mass is 10.0. The highest BCUT2D eigenvalue weighted by Crippen LogP contribution is 2.16. The van der Waals surface area contributed by atoms with Crippen LogP contribution in [-0.4, -0.2) is 63.2 Å². The van der Waals surface area contributed by atoms with Gasteiger partial charge in [0.15, 0.2) is 0 Å². The number of unbranched alkanes of at least 4 members (excludes halogenated alkanes) is 12. The molecule has 0 aromatic heterocycles. The first-order valence-electron chi connectivity index (χ1n) is 15.7. The SMILES string of the molecule is CCCCCCCCCCCCCCCC(=O)NC(CSC/C(C(=O)NCCc1ccc(O)cc1)=C(\C)C(=O)O)C(=O)O. The largest absolute Gasteiger partial charge is 0.508 e. The van der Waals surface area contributed by atoms with E-state index >= 15 is 0 Å². The zero-order valence-corrected chi connectivity index (χ0v) is 26.8. The number of carboxylic acid groups (broad SMARTS) is 2. The second kappa shape index (κ2) is 23.4. The molecule has 1 rings (SSSR count). The van der Waals surface area contributed by atoms with Crippen LogP contribution in [0.25, 0.3) is 0 Å². The number of carbonyl (C=O) groups excluding carboxylic acids is 2. The summed E-state index contributed by atoms with van der Waals surface area (Å²) in [5.41, 5.74) is 0.824. The smallest absolute Gasteiger partial charge is 0.331 e. The van der Waals surface area contributed by atoms with E-state index in [0.717, 1.165) is 36.6 Å². The molecule has 0 saturated carbocycles. The summed E-state index contributed by atoms with van der Waals surface area (Å²) < 4.78 is 0. The van der Waals surface area contributed by atoms with E-state index in [2.05, 4.69) is 17.6 Å². The number of thioether (sulfide) groups is 1. The van der Waals surface area contributed by atoms with E-state index in [-0.39, 0.29) is 47.3 Å². The van der Waals surface area contributed by atoms with Gasteiger partial charge in [-0.15, -0.1) is 0 Å². The monoisotopic (exact) mass is 620 g/mol. The molecule has 0 bridgehead atoms. The van der Waals surface area contributed by atoms with Crippen molar-refractivity contribution in [3.63, 3.8) is 0 Å². The minimum atomic E-state index is -1.23. The average molecular weight is 621 g/mol. The molecule has 1 aromatic carbocycles. The lowest BCUT2D eigenvalue weighted by Crippen LogP contribution is -2.42. The molecule has 242 valence electrons. The molecule has 0 heterocycles. The van der Waals surface area contributed by atoms with Crippen molar-refractivity contribution in [2.24, 2.45) is 0 Å². The molecule has 1 atom stereocenters. The van der Waals surface area contributed by atoms with Crippen LogP contribution < -0.4 is 10.6 Å². The van der Waals surface area contributed by atoms with Crippen molar-refractivity contribution in [1.29, 1.82) is 0 Å². The summed E-state index contributed by atoms with van der Waals surface area (Å²) in [5.74, 6) is -3.14. The lowest BCUT2D eigenvalue weighted by molar-refractivity contribution is -0.141. The van der Waals surface area contributed by atoms with E-state index in [1.807, 2.05) is 0 Å². The third kappa shape index (κ3) is 18.3. The van der Waals surface area contributed by atoms with Gasteiger partial charge in [-0.3, -0.25) is 9.59 Å². The van der Waals surface area contributed by atoms with Crippen molar-refractivity contribution in [1.82, 2.24) is 10.6 Å². The van der Waals surface area contributed by atoms with E-state index in [1.54, 1.807) is 24.3 Å². The van der Waals surface area contributed by atoms with Crippen molar-refractivity contribution in [3.05, 3.63) is 41.0 Å². The molecule has 2 amide bonds. The van der Waals surface area contributed by atoms with Gasteiger partial charge in [0.05, 0.1) is 0 Å². The summed E-state index contributed by atoms with van der Waals surface area (Å²) in [4.78, 5) is 48.4. The van der Waals surface area contributed by atoms with Crippen LogP contribution >= 0.6 is 11.8 Å². The van der Waals surface area contributed by atoms with Crippen molar-refractivity contribution >= 4 is 35.5 Å². The molecule has 43 heavy (non-hydrogen) atoms. The van der Waals surface area contributed by atoms with Gasteiger partial charge in [0.1, 0.15) is 11.8 Å². The number of carboxylic acids is 2. The number of phenolic OH excluding ortho intramolecular Hbond substituents is 1. The topological polar surface area (TPSA) is 153 Å². The second-order valence-corrected chi connectivity index (χ2v) is 12.1. The van der Waals surface area contributed by atoms with E-state index in [0.29, 0.717) is 12.8 Å². The lowest BCUT2D eigenvalue weighted by Gasteiger charge is -2.16. The van der Waals surface area contributed by atoms with Gasteiger partial charge in [-0.2, -0.15) is 11.8 Å². The Balaban J connectivity index is 2.35. The van der Waals surface area contributed by atoms with Gasteiger partial charge in [-0.05, 0) is 37.5 Å². The molecule has 0 saturated heterocycles. The fourth-order valence-corrected chi connectivity index (χ4v) is 5.72. The molecular formula is C33H52N2O7S. The Morgan fingerprint density at radius 3 is 1.86 bits per heavy atom. The predicted molar refractivity (Wildman–Crippen MR) is 172 cm³/mol. The van der Waals surface area contributed by atoms with E-state index in [4.69, 9.17) is 0 Å². The number of rotatable bonds is 25. The Bertz CT molecular complexity index is 1010. The van der Waals surface area contributed by atoms with E-state index < -0.39 is 23.9 Å². The van der Waals surface area contributed by atoms with Crippen LogP contribution in [0.1, 0.15) is 109 Å². The van der Waals surface area contributed by atoms with Crippen LogP contribution in [0.2, 0.25) is 0 Å². The molecule has 0 fully saturated rings. The summed E-state index contributed by atoms with van der Waals surface area (Å²) in [6.07, 6.45) is 16.4. The summed E-state index contributed by atoms with van der Waals surface area (Å²) in [6.45, 7) is 3.83. The predicted octanol–water partition coefficient (Wildman–Crippen LogP) is 6.24. The maximum absolute atomic E-state index is 12.8. The maximum atomic E-state index is 12.8. The summed E-state index contributed by atoms with van der Waals surface area (Å²) >= 11 is 1.09. The summed E-state index contributed by atoms with van der Waals surface area (Å²) in [7, 11) is 0. The Kier molecular flexibility index (Phi) is 20.7. The number of amides is 2. The molecule has 0 radical (unpaired) electrons. The summed E-state index contributed by atoms with van der Waals surface area (Å²) in [6, 6.07) is 5.42. The molecule has 0 spiro atoms. The molecule has 1 unspecified atom stereocenters. The Labute approximate surface area is 261 Å². The first kappa shape index (κ1) is 38.0. The van der Waals surface area contributed by atoms with Gasteiger partial charge >= 0.3 is 11.9 Å². The number of hydrogen-bond acceptors (Lipinski definition) is 6. The fraction of sp³-hybridized carbons (Fsp3) is 0.636. The van der Waals surface area contributed by atoms with Crippen molar-refractivity contribution < 1.29 is 34.5 Å². The standard InChI is InChI=1S/C33H52N2O7S/c1-3-4-5-6-7-8-9-10-11-12-13-14-15-16-30(37)35-29(33(41)42)24-43-23-28(25(2)32(39)40)31(38)34-22-21-26-17-19-27(36)20-18-26/h17-20,29,36H,3-16,21-24H2,1-2H3,(H,34,38)(H,35,37)(H,39,40)(H,41,42)/b28-25-. The minimum Gasteiger partial charge on any atom is -0.508 e. The van der Waals surface area contributed by atoms with Gasteiger partial charge in [-0.25, -0.2) is 9.59 Å². The second-order valence-electron chi connectivity index (χ2n) is 11.0. The molecule has 9 nitrogen and oxygen atoms in total. The van der Waals surface area contributed by atoms with Crippen molar-refractivity contribution in [2.75, 3.05) is 18.1 Å². The van der Waals surface area contributed by atoms with Crippen LogP contribution in [0.3, 0.4) is 0 Å². The molecule has 1 aromatic rings. The van der Waals surface area contributed by atoms with Crippen LogP contribution in [0.5, 0.6) is 5.75 Å². The van der Waals surface area contributed by atoms with Gasteiger partial charge in [0.2, 0.25) is 11.8 Å². The number of carbonyl (C=O) groups is 4. The number of aromatic hydroxyl groups is 1. The van der Waals surface area contributed by atoms with Crippen LogP contribution in [-0.2, 0) is 25.6 Å². The minimum absolute atomic E-state index is 0.00311. The van der Waals surface area contributed by atoms with Crippen molar-refractivity contribution in [2.45, 2.75) is 116 Å². The maximum Gasteiger partial charge on any atom is 0.331 e. The van der Waals surface area contributed by atoms with Gasteiger partial charge < -0.3 is 26.0 Å².